The minimum absolute atomic E-state index is 0.00491. The number of aliphatic hydroxyl groups is 1. The van der Waals surface area contributed by atoms with Crippen molar-refractivity contribution >= 4 is 65.2 Å². The predicted octanol–water partition coefficient (Wildman–Crippen LogP) is -0.618. The summed E-state index contributed by atoms with van der Waals surface area (Å²) in [5.41, 5.74) is 12.5. The number of hydrogen-bond acceptors (Lipinski definition) is 13. The van der Waals surface area contributed by atoms with E-state index < -0.39 is 139 Å². The molecule has 1 saturated heterocycles. The molecule has 24 nitrogen and oxygen atoms in total. The summed E-state index contributed by atoms with van der Waals surface area (Å²) < 4.78 is 5.67. The van der Waals surface area contributed by atoms with E-state index >= 15 is 0 Å². The third-order valence-corrected chi connectivity index (χ3v) is 12.3. The fraction of sp³-hybridized carbons (Fsp3) is 0.580. The summed E-state index contributed by atoms with van der Waals surface area (Å²) in [6.45, 7) is 11.2. The predicted molar refractivity (Wildman–Crippen MR) is 271 cm³/mol. The smallest absolute Gasteiger partial charge is 0.327 e. The van der Waals surface area contributed by atoms with Gasteiger partial charge in [0.1, 0.15) is 42.4 Å². The van der Waals surface area contributed by atoms with Crippen molar-refractivity contribution in [2.45, 2.75) is 142 Å². The number of carboxylic acids is 2. The van der Waals surface area contributed by atoms with Gasteiger partial charge in [-0.2, -0.15) is 0 Å². The lowest BCUT2D eigenvalue weighted by Gasteiger charge is -2.29. The van der Waals surface area contributed by atoms with E-state index in [4.69, 9.17) is 16.2 Å². The van der Waals surface area contributed by atoms with Crippen LogP contribution in [0.3, 0.4) is 0 Å². The number of hydrogen-bond donors (Lipinski definition) is 11. The van der Waals surface area contributed by atoms with E-state index in [2.05, 4.69) is 36.9 Å². The summed E-state index contributed by atoms with van der Waals surface area (Å²) in [6, 6.07) is -1.31. The van der Waals surface area contributed by atoms with Crippen molar-refractivity contribution in [2.24, 2.45) is 40.1 Å². The number of aliphatic imine (C=N–C) groups is 1. The maximum absolute atomic E-state index is 14.4. The topological polar surface area (TPSA) is 380 Å². The first kappa shape index (κ1) is 62.7. The largest absolute Gasteiger partial charge is 0.480 e. The van der Waals surface area contributed by atoms with E-state index in [0.29, 0.717) is 12.0 Å². The maximum Gasteiger partial charge on any atom is 0.327 e. The zero-order valence-corrected chi connectivity index (χ0v) is 43.6. The molecule has 1 aliphatic heterocycles. The molecule has 3 unspecified atom stereocenters. The number of likely N-dealkylation sites (N-methyl/N-ethyl adjacent to an activating group) is 1. The molecule has 0 radical (unpaired) electrons. The summed E-state index contributed by atoms with van der Waals surface area (Å²) in [6.07, 6.45) is 3.53. The van der Waals surface area contributed by atoms with Crippen molar-refractivity contribution < 1.29 is 68.0 Å². The molecule has 1 aromatic carbocycles. The lowest BCUT2D eigenvalue weighted by atomic mass is 9.94. The van der Waals surface area contributed by atoms with Gasteiger partial charge in [0.25, 0.3) is 0 Å². The first-order chi connectivity index (χ1) is 34.7. The molecule has 0 spiro atoms. The lowest BCUT2D eigenvalue weighted by molar-refractivity contribution is -0.148. The average molecular weight is 1040 g/mol. The number of aliphatic hydroxyl groups excluding tert-OH is 1. The van der Waals surface area contributed by atoms with Crippen molar-refractivity contribution in [2.75, 3.05) is 20.2 Å². The van der Waals surface area contributed by atoms with Gasteiger partial charge in [-0.25, -0.2) is 9.59 Å². The number of carbonyl (C=O) groups is 10. The Morgan fingerprint density at radius 2 is 1.41 bits per heavy atom. The highest BCUT2D eigenvalue weighted by molar-refractivity contribution is 5.97. The highest BCUT2D eigenvalue weighted by Crippen LogP contribution is 2.20. The molecule has 0 aromatic heterocycles. The van der Waals surface area contributed by atoms with Crippen molar-refractivity contribution in [3.63, 3.8) is 0 Å². The molecule has 1 aromatic rings. The number of esters is 1. The zero-order valence-electron chi connectivity index (χ0n) is 43.6. The number of aliphatic carboxylic acids is 2. The fourth-order valence-electron chi connectivity index (χ4n) is 7.81. The first-order valence-corrected chi connectivity index (χ1v) is 24.4. The number of benzene rings is 1. The second-order valence-corrected chi connectivity index (χ2v) is 19.0. The number of carbonyl (C=O) groups excluding carboxylic acids is 8. The van der Waals surface area contributed by atoms with Crippen LogP contribution in [0.2, 0.25) is 0 Å². The molecule has 1 heterocycles. The van der Waals surface area contributed by atoms with E-state index in [0.717, 1.165) is 10.5 Å². The number of nitrogens with one attached hydrogen (secondary N) is 6. The molecule has 1 fully saturated rings. The number of ether oxygens (including phenoxy) is 1. The zero-order chi connectivity index (χ0) is 56.0. The standard InChI is InChI=1S/C50H76N10O14/c1-26(2)22-37-46(68)59-41(49(72)73)30(6)43(65)56-35(16-13-21-53-50(51)52)45(67)55-34(18-17-27(3)23-28(4)39(74-32(8)62)24-33-14-11-10-12-15-33)29(5)42(64)57-36(48(70)71)19-20-40(63)60(9)38(25-61)47(69)54-31(7)44(66)58-37/h10-12,14-15,17-18,23,26,28-31,34-39,41,61H,13,16,19-22,24-25H2,1-9H3,(H,54,69)(H,55,67)(H,56,65)(H,57,64)(H,58,66)(H,59,68)(H,70,71)(H,72,73)(H4,51,52,53)/b18-17+,27-23+/t28-,29-,30-,31+,34-,35?,36+,37?,38-,39-,41?/m0/s1. The number of nitrogens with zero attached hydrogens (tertiary/aromatic N) is 2. The Labute approximate surface area is 431 Å². The van der Waals surface area contributed by atoms with Crippen LogP contribution in [0, 0.1) is 23.7 Å². The quantitative estimate of drug-likeness (QED) is 0.0323. The van der Waals surface area contributed by atoms with Gasteiger partial charge in [-0.1, -0.05) is 88.8 Å². The number of amides is 7. The van der Waals surface area contributed by atoms with Gasteiger partial charge in [-0.3, -0.25) is 43.3 Å². The molecule has 74 heavy (non-hydrogen) atoms. The van der Waals surface area contributed by atoms with E-state index in [1.54, 1.807) is 26.8 Å². The highest BCUT2D eigenvalue weighted by Gasteiger charge is 2.38. The van der Waals surface area contributed by atoms with Crippen LogP contribution in [0.15, 0.2) is 59.1 Å². The Balaban J connectivity index is 2.78. The average Bonchev–Trinajstić information content (AvgIpc) is 3.32. The molecular formula is C50H76N10O14. The van der Waals surface area contributed by atoms with Gasteiger partial charge in [0.05, 0.1) is 24.5 Å². The van der Waals surface area contributed by atoms with Crippen LogP contribution in [0.1, 0.15) is 93.1 Å². The van der Waals surface area contributed by atoms with Gasteiger partial charge < -0.3 is 68.3 Å². The number of carboxylic acid groups (broad SMARTS) is 2. The van der Waals surface area contributed by atoms with E-state index in [9.17, 15) is 63.3 Å². The molecule has 13 N–H and O–H groups in total. The fourth-order valence-corrected chi connectivity index (χ4v) is 7.81. The highest BCUT2D eigenvalue weighted by atomic mass is 16.5. The van der Waals surface area contributed by atoms with Gasteiger partial charge in [0.15, 0.2) is 5.96 Å². The molecular weight excluding hydrogens is 965 g/mol. The summed E-state index contributed by atoms with van der Waals surface area (Å²) in [7, 11) is 1.17. The Bertz CT molecular complexity index is 2230. The number of rotatable bonds is 16. The maximum atomic E-state index is 14.4. The van der Waals surface area contributed by atoms with E-state index in [-0.39, 0.29) is 43.6 Å². The summed E-state index contributed by atoms with van der Waals surface area (Å²) in [4.78, 5) is 139. The Morgan fingerprint density at radius 1 is 0.797 bits per heavy atom. The molecule has 0 saturated carbocycles. The second kappa shape index (κ2) is 30.6. The summed E-state index contributed by atoms with van der Waals surface area (Å²) in [5.74, 6) is -13.9. The third-order valence-electron chi connectivity index (χ3n) is 12.3. The van der Waals surface area contributed by atoms with Gasteiger partial charge in [0, 0.05) is 39.3 Å². The van der Waals surface area contributed by atoms with Gasteiger partial charge in [-0.15, -0.1) is 0 Å². The SMILES string of the molecule is CC(=O)O[C@@H](Cc1ccccc1)[C@@H](C)/C=C(C)/C=C/[C@@H]1NC(=O)C(CCCN=C(N)N)NC(=O)[C@@H](C)C(C(=O)O)NC(=O)C(CC(C)C)NC(=O)[C@@H](C)NC(=O)[C@H](CO)N(C)C(=O)CC[C@H](C(=O)O)NC(=O)[C@H]1C. The van der Waals surface area contributed by atoms with Crippen LogP contribution in [0.4, 0.5) is 0 Å². The molecule has 1 aliphatic rings. The van der Waals surface area contributed by atoms with Gasteiger partial charge in [0.2, 0.25) is 41.4 Å². The summed E-state index contributed by atoms with van der Waals surface area (Å²) in [5, 5.41) is 45.6. The van der Waals surface area contributed by atoms with Crippen LogP contribution >= 0.6 is 0 Å². The lowest BCUT2D eigenvalue weighted by Crippen LogP contribution is -2.59. The molecule has 0 bridgehead atoms. The summed E-state index contributed by atoms with van der Waals surface area (Å²) >= 11 is 0. The molecule has 410 valence electrons. The van der Waals surface area contributed by atoms with Crippen LogP contribution in [-0.4, -0.2) is 154 Å². The molecule has 24 heteroatoms. The van der Waals surface area contributed by atoms with Gasteiger partial charge >= 0.3 is 17.9 Å². The normalized spacial score (nSPS) is 25.7. The molecule has 2 rings (SSSR count). The van der Waals surface area contributed by atoms with Crippen molar-refractivity contribution in [1.82, 2.24) is 36.8 Å². The monoisotopic (exact) mass is 1040 g/mol. The third kappa shape index (κ3) is 21.0. The van der Waals surface area contributed by atoms with Crippen LogP contribution in [0.5, 0.6) is 0 Å². The number of allylic oxidation sites excluding steroid dienone is 2. The minimum atomic E-state index is -1.92. The molecule has 0 aliphatic carbocycles. The number of guanidine groups is 1. The van der Waals surface area contributed by atoms with E-state index in [1.807, 2.05) is 43.3 Å². The Hall–Kier alpha value is -7.37. The molecule has 7 amide bonds. The van der Waals surface area contributed by atoms with Gasteiger partial charge in [-0.05, 0) is 51.0 Å². The van der Waals surface area contributed by atoms with Crippen molar-refractivity contribution in [3.8, 4) is 0 Å². The first-order valence-electron chi connectivity index (χ1n) is 24.4. The Morgan fingerprint density at radius 3 is 1.97 bits per heavy atom. The van der Waals surface area contributed by atoms with Crippen molar-refractivity contribution in [1.29, 1.82) is 0 Å². The van der Waals surface area contributed by atoms with E-state index in [1.165, 1.54) is 40.8 Å². The minimum Gasteiger partial charge on any atom is -0.480 e. The second-order valence-electron chi connectivity index (χ2n) is 19.0. The van der Waals surface area contributed by atoms with Crippen LogP contribution in [-0.2, 0) is 59.1 Å². The molecule has 11 atom stereocenters. The Kier molecular flexibility index (Phi) is 26.0. The van der Waals surface area contributed by atoms with Crippen LogP contribution in [0.25, 0.3) is 0 Å². The van der Waals surface area contributed by atoms with Crippen molar-refractivity contribution in [3.05, 3.63) is 59.7 Å². The van der Waals surface area contributed by atoms with Crippen LogP contribution < -0.4 is 43.4 Å². The number of nitrogens with two attached hydrogens (primary N) is 2.